The van der Waals surface area contributed by atoms with Gasteiger partial charge >= 0.3 is 11.9 Å². The quantitative estimate of drug-likeness (QED) is 0.718. The van der Waals surface area contributed by atoms with Gasteiger partial charge in [0.15, 0.2) is 11.6 Å². The fraction of sp³-hybridized carbons (Fsp3) is 0.111. The Labute approximate surface area is 83.7 Å². The molecule has 0 saturated heterocycles. The highest BCUT2D eigenvalue weighted by Crippen LogP contribution is 2.23. The summed E-state index contributed by atoms with van der Waals surface area (Å²) in [6.45, 7) is 0. The van der Waals surface area contributed by atoms with Crippen LogP contribution in [0.1, 0.15) is 20.7 Å². The molecule has 0 spiro atoms. The van der Waals surface area contributed by atoms with Crippen LogP contribution in [-0.2, 0) is 4.74 Å². The highest BCUT2D eigenvalue weighted by molar-refractivity contribution is 5.96. The fourth-order valence-corrected chi connectivity index (χ4v) is 0.988. The number of carbonyl (C=O) groups is 2. The number of phenols is 1. The first-order chi connectivity index (χ1) is 6.97. The van der Waals surface area contributed by atoms with Crippen LogP contribution in [0.4, 0.5) is 4.39 Å². The number of halogens is 1. The van der Waals surface area contributed by atoms with Crippen LogP contribution in [0.2, 0.25) is 0 Å². The molecule has 1 aromatic rings. The van der Waals surface area contributed by atoms with E-state index in [1.54, 1.807) is 0 Å². The molecular weight excluding hydrogens is 207 g/mol. The molecule has 0 bridgehead atoms. The molecule has 0 amide bonds. The third kappa shape index (κ3) is 2.04. The van der Waals surface area contributed by atoms with Gasteiger partial charge in [-0.15, -0.1) is 0 Å². The van der Waals surface area contributed by atoms with Crippen molar-refractivity contribution in [3.8, 4) is 5.75 Å². The van der Waals surface area contributed by atoms with Gasteiger partial charge in [-0.25, -0.2) is 14.0 Å². The number of methoxy groups -OCH3 is 1. The predicted octanol–water partition coefficient (Wildman–Crippen LogP) is 1.02. The summed E-state index contributed by atoms with van der Waals surface area (Å²) in [5.74, 6) is -4.52. The van der Waals surface area contributed by atoms with E-state index in [2.05, 4.69) is 4.74 Å². The van der Waals surface area contributed by atoms with Gasteiger partial charge in [0.25, 0.3) is 0 Å². The molecule has 0 aliphatic rings. The lowest BCUT2D eigenvalue weighted by atomic mass is 10.1. The van der Waals surface area contributed by atoms with Crippen molar-refractivity contribution in [1.29, 1.82) is 0 Å². The number of carboxylic acids is 1. The van der Waals surface area contributed by atoms with Gasteiger partial charge in [-0.1, -0.05) is 0 Å². The molecule has 1 aromatic carbocycles. The highest BCUT2D eigenvalue weighted by Gasteiger charge is 2.19. The number of esters is 1. The lowest BCUT2D eigenvalue weighted by molar-refractivity contribution is 0.0596. The number of phenolic OH excluding ortho intramolecular Hbond substituents is 1. The minimum Gasteiger partial charge on any atom is -0.504 e. The first-order valence-electron chi connectivity index (χ1n) is 3.81. The van der Waals surface area contributed by atoms with Crippen LogP contribution in [0.3, 0.4) is 0 Å². The average molecular weight is 214 g/mol. The van der Waals surface area contributed by atoms with Gasteiger partial charge in [0.1, 0.15) is 5.56 Å². The summed E-state index contributed by atoms with van der Waals surface area (Å²) >= 11 is 0. The molecule has 1 rings (SSSR count). The summed E-state index contributed by atoms with van der Waals surface area (Å²) in [7, 11) is 1.03. The van der Waals surface area contributed by atoms with Crippen molar-refractivity contribution in [3.63, 3.8) is 0 Å². The van der Waals surface area contributed by atoms with Crippen LogP contribution in [0.5, 0.6) is 5.75 Å². The zero-order valence-electron chi connectivity index (χ0n) is 7.65. The van der Waals surface area contributed by atoms with Crippen LogP contribution in [0, 0.1) is 5.82 Å². The number of aromatic carboxylic acids is 1. The lowest BCUT2D eigenvalue weighted by Crippen LogP contribution is -2.06. The Bertz CT molecular complexity index is 427. The zero-order valence-corrected chi connectivity index (χ0v) is 7.65. The number of hydrogen-bond acceptors (Lipinski definition) is 4. The monoisotopic (exact) mass is 214 g/mol. The molecule has 0 fully saturated rings. The van der Waals surface area contributed by atoms with E-state index in [-0.39, 0.29) is 0 Å². The van der Waals surface area contributed by atoms with E-state index in [9.17, 15) is 14.0 Å². The molecule has 5 nitrogen and oxygen atoms in total. The van der Waals surface area contributed by atoms with Crippen molar-refractivity contribution in [2.45, 2.75) is 0 Å². The normalized spacial score (nSPS) is 9.73. The number of carbonyl (C=O) groups excluding carboxylic acids is 1. The average Bonchev–Trinajstić information content (AvgIpc) is 2.20. The smallest absolute Gasteiger partial charge is 0.341 e. The maximum Gasteiger partial charge on any atom is 0.341 e. The summed E-state index contributed by atoms with van der Waals surface area (Å²) in [6.07, 6.45) is 0. The van der Waals surface area contributed by atoms with Gasteiger partial charge in [0, 0.05) is 0 Å². The molecule has 0 saturated carbocycles. The van der Waals surface area contributed by atoms with Crippen molar-refractivity contribution in [2.75, 3.05) is 7.11 Å². The molecule has 2 N–H and O–H groups in total. The van der Waals surface area contributed by atoms with Crippen LogP contribution in [0.15, 0.2) is 12.1 Å². The second kappa shape index (κ2) is 3.95. The van der Waals surface area contributed by atoms with E-state index in [1.807, 2.05) is 0 Å². The number of carboxylic acid groups (broad SMARTS) is 1. The Hall–Kier alpha value is -2.11. The van der Waals surface area contributed by atoms with E-state index in [0.29, 0.717) is 6.07 Å². The Morgan fingerprint density at radius 3 is 2.47 bits per heavy atom. The maximum absolute atomic E-state index is 13.0. The summed E-state index contributed by atoms with van der Waals surface area (Å²) in [5, 5.41) is 17.7. The van der Waals surface area contributed by atoms with Gasteiger partial charge in [0.2, 0.25) is 0 Å². The van der Waals surface area contributed by atoms with Crippen LogP contribution < -0.4 is 0 Å². The third-order valence-corrected chi connectivity index (χ3v) is 1.72. The second-order valence-electron chi connectivity index (χ2n) is 2.65. The van der Waals surface area contributed by atoms with Crippen molar-refractivity contribution in [2.24, 2.45) is 0 Å². The molecule has 0 aromatic heterocycles. The molecular formula is C9H7FO5. The van der Waals surface area contributed by atoms with Crippen molar-refractivity contribution < 1.29 is 28.9 Å². The van der Waals surface area contributed by atoms with E-state index in [0.717, 1.165) is 13.2 Å². The van der Waals surface area contributed by atoms with E-state index >= 15 is 0 Å². The Morgan fingerprint density at radius 2 is 2.00 bits per heavy atom. The lowest BCUT2D eigenvalue weighted by Gasteiger charge is -2.04. The maximum atomic E-state index is 13.0. The van der Waals surface area contributed by atoms with Gasteiger partial charge in [0.05, 0.1) is 12.7 Å². The number of rotatable bonds is 2. The highest BCUT2D eigenvalue weighted by atomic mass is 19.1. The molecule has 0 radical (unpaired) electrons. The van der Waals surface area contributed by atoms with Gasteiger partial charge in [-0.2, -0.15) is 0 Å². The predicted molar refractivity (Wildman–Crippen MR) is 46.4 cm³/mol. The Morgan fingerprint density at radius 1 is 1.40 bits per heavy atom. The first-order valence-corrected chi connectivity index (χ1v) is 3.81. The first kappa shape index (κ1) is 11.0. The number of hydrogen-bond donors (Lipinski definition) is 2. The zero-order chi connectivity index (χ0) is 11.6. The van der Waals surface area contributed by atoms with Crippen molar-refractivity contribution in [1.82, 2.24) is 0 Å². The number of ether oxygens (including phenoxy) is 1. The summed E-state index contributed by atoms with van der Waals surface area (Å²) in [4.78, 5) is 21.5. The van der Waals surface area contributed by atoms with Crippen LogP contribution >= 0.6 is 0 Å². The Kier molecular flexibility index (Phi) is 2.89. The number of aromatic hydroxyl groups is 1. The van der Waals surface area contributed by atoms with Gasteiger partial charge < -0.3 is 14.9 Å². The molecule has 80 valence electrons. The minimum absolute atomic E-state index is 0.439. The van der Waals surface area contributed by atoms with Crippen LogP contribution in [0.25, 0.3) is 0 Å². The summed E-state index contributed by atoms with van der Waals surface area (Å²) in [6, 6.07) is 1.46. The van der Waals surface area contributed by atoms with E-state index < -0.39 is 34.6 Å². The molecule has 0 aliphatic heterocycles. The molecule has 0 heterocycles. The molecule has 15 heavy (non-hydrogen) atoms. The number of benzene rings is 1. The largest absolute Gasteiger partial charge is 0.504 e. The topological polar surface area (TPSA) is 83.8 Å². The standard InChI is InChI=1S/C9H7FO5/c1-15-9(14)5-2-4(8(12)13)3-6(10)7(5)11/h2-3,11H,1H3,(H,12,13). The Balaban J connectivity index is 3.37. The minimum atomic E-state index is -1.40. The van der Waals surface area contributed by atoms with E-state index in [1.165, 1.54) is 0 Å². The molecule has 0 atom stereocenters. The van der Waals surface area contributed by atoms with Gasteiger partial charge in [-0.3, -0.25) is 0 Å². The van der Waals surface area contributed by atoms with Crippen LogP contribution in [-0.4, -0.2) is 29.3 Å². The molecule has 0 unspecified atom stereocenters. The van der Waals surface area contributed by atoms with Crippen molar-refractivity contribution >= 4 is 11.9 Å². The molecule has 0 aliphatic carbocycles. The summed E-state index contributed by atoms with van der Waals surface area (Å²) in [5.41, 5.74) is -0.958. The molecule has 6 heteroatoms. The fourth-order valence-electron chi connectivity index (χ4n) is 0.988. The SMILES string of the molecule is COC(=O)c1cc(C(=O)O)cc(F)c1O. The van der Waals surface area contributed by atoms with Crippen molar-refractivity contribution in [3.05, 3.63) is 29.1 Å². The third-order valence-electron chi connectivity index (χ3n) is 1.72. The van der Waals surface area contributed by atoms with E-state index in [4.69, 9.17) is 10.2 Å². The van der Waals surface area contributed by atoms with Gasteiger partial charge in [-0.05, 0) is 12.1 Å². The summed E-state index contributed by atoms with van der Waals surface area (Å²) < 4.78 is 17.2. The second-order valence-corrected chi connectivity index (χ2v) is 2.65.